The van der Waals surface area contributed by atoms with Crippen LogP contribution in [0.15, 0.2) is 54.9 Å². The number of carbonyl (C=O) groups is 1. The lowest BCUT2D eigenvalue weighted by atomic mass is 10.3. The van der Waals surface area contributed by atoms with Crippen LogP contribution in [0.5, 0.6) is 11.5 Å². The summed E-state index contributed by atoms with van der Waals surface area (Å²) in [4.78, 5) is 18.6. The average Bonchev–Trinajstić information content (AvgIpc) is 3.07. The van der Waals surface area contributed by atoms with E-state index >= 15 is 0 Å². The van der Waals surface area contributed by atoms with Crippen LogP contribution in [0.3, 0.4) is 0 Å². The van der Waals surface area contributed by atoms with Gasteiger partial charge in [-0.15, -0.1) is 0 Å². The molecule has 3 aromatic rings. The van der Waals surface area contributed by atoms with E-state index in [1.54, 1.807) is 30.3 Å². The Morgan fingerprint density at radius 1 is 1.20 bits per heavy atom. The molecule has 6 nitrogen and oxygen atoms in total. The maximum absolute atomic E-state index is 12.5. The van der Waals surface area contributed by atoms with E-state index in [1.807, 2.05) is 47.9 Å². The van der Waals surface area contributed by atoms with Crippen LogP contribution in [0.2, 0.25) is 0 Å². The van der Waals surface area contributed by atoms with Crippen LogP contribution < -0.4 is 9.47 Å². The summed E-state index contributed by atoms with van der Waals surface area (Å²) in [5.74, 6) is 1.23. The topological polar surface area (TPSA) is 56.1 Å². The van der Waals surface area contributed by atoms with E-state index in [-0.39, 0.29) is 12.5 Å². The van der Waals surface area contributed by atoms with Crippen molar-refractivity contribution in [1.29, 1.82) is 0 Å². The van der Waals surface area contributed by atoms with E-state index in [0.29, 0.717) is 24.6 Å². The highest BCUT2D eigenvalue weighted by molar-refractivity contribution is 5.77. The molecular weight excluding hydrogens is 318 g/mol. The maximum atomic E-state index is 12.5. The largest absolute Gasteiger partial charge is 0.497 e. The number of amides is 1. The molecule has 2 heterocycles. The number of ether oxygens (including phenoxy) is 2. The van der Waals surface area contributed by atoms with Gasteiger partial charge in [-0.2, -0.15) is 0 Å². The van der Waals surface area contributed by atoms with Gasteiger partial charge < -0.3 is 18.8 Å². The van der Waals surface area contributed by atoms with Gasteiger partial charge in [-0.3, -0.25) is 4.79 Å². The highest BCUT2D eigenvalue weighted by Crippen LogP contribution is 2.19. The Hall–Kier alpha value is -3.02. The number of hydrogen-bond acceptors (Lipinski definition) is 4. The lowest BCUT2D eigenvalue weighted by molar-refractivity contribution is -0.133. The van der Waals surface area contributed by atoms with Crippen LogP contribution in [-0.4, -0.2) is 40.5 Å². The summed E-state index contributed by atoms with van der Waals surface area (Å²) in [5.41, 5.74) is 1.83. The van der Waals surface area contributed by atoms with Gasteiger partial charge in [-0.05, 0) is 31.2 Å². The van der Waals surface area contributed by atoms with Crippen molar-refractivity contribution in [2.45, 2.75) is 13.5 Å². The Bertz CT molecular complexity index is 860. The summed E-state index contributed by atoms with van der Waals surface area (Å²) in [7, 11) is 1.60. The van der Waals surface area contributed by atoms with E-state index in [0.717, 1.165) is 11.3 Å². The number of nitrogens with zero attached hydrogens (tertiary/aromatic N) is 3. The Labute approximate surface area is 146 Å². The molecule has 130 valence electrons. The molecule has 1 aromatic carbocycles. The molecule has 0 atom stereocenters. The zero-order chi connectivity index (χ0) is 17.6. The SMILES string of the molecule is CCN(Cc1cnc2ccccn12)C(=O)COc1cccc(OC)c1. The van der Waals surface area contributed by atoms with E-state index in [9.17, 15) is 4.79 Å². The maximum Gasteiger partial charge on any atom is 0.260 e. The molecule has 0 bridgehead atoms. The van der Waals surface area contributed by atoms with E-state index < -0.39 is 0 Å². The van der Waals surface area contributed by atoms with Crippen molar-refractivity contribution >= 4 is 11.6 Å². The quantitative estimate of drug-likeness (QED) is 0.664. The van der Waals surface area contributed by atoms with Gasteiger partial charge in [0.15, 0.2) is 6.61 Å². The molecule has 0 spiro atoms. The van der Waals surface area contributed by atoms with Crippen molar-refractivity contribution in [2.24, 2.45) is 0 Å². The first-order valence-electron chi connectivity index (χ1n) is 8.17. The van der Waals surface area contributed by atoms with Crippen molar-refractivity contribution in [1.82, 2.24) is 14.3 Å². The zero-order valence-electron chi connectivity index (χ0n) is 14.4. The number of aromatic nitrogens is 2. The standard InChI is InChI=1S/C19H21N3O3/c1-3-21(13-15-12-20-18-9-4-5-10-22(15)18)19(23)14-25-17-8-6-7-16(11-17)24-2/h4-12H,3,13-14H2,1-2H3. The third-order valence-corrected chi connectivity index (χ3v) is 3.98. The van der Waals surface area contributed by atoms with Crippen LogP contribution in [-0.2, 0) is 11.3 Å². The van der Waals surface area contributed by atoms with Crippen molar-refractivity contribution in [3.05, 3.63) is 60.6 Å². The molecule has 0 saturated heterocycles. The van der Waals surface area contributed by atoms with Crippen LogP contribution in [0.25, 0.3) is 5.65 Å². The minimum Gasteiger partial charge on any atom is -0.497 e. The molecule has 1 amide bonds. The van der Waals surface area contributed by atoms with Gasteiger partial charge >= 0.3 is 0 Å². The van der Waals surface area contributed by atoms with E-state index in [2.05, 4.69) is 4.98 Å². The first kappa shape index (κ1) is 16.8. The Morgan fingerprint density at radius 3 is 2.84 bits per heavy atom. The van der Waals surface area contributed by atoms with Gasteiger partial charge in [0.2, 0.25) is 0 Å². The predicted molar refractivity (Wildman–Crippen MR) is 94.8 cm³/mol. The summed E-state index contributed by atoms with van der Waals surface area (Å²) < 4.78 is 12.7. The highest BCUT2D eigenvalue weighted by atomic mass is 16.5. The van der Waals surface area contributed by atoms with Gasteiger partial charge in [0.25, 0.3) is 5.91 Å². The lowest BCUT2D eigenvalue weighted by Gasteiger charge is -2.20. The normalized spacial score (nSPS) is 10.6. The first-order valence-corrected chi connectivity index (χ1v) is 8.17. The minimum atomic E-state index is -0.0730. The Balaban J connectivity index is 1.65. The number of fused-ring (bicyclic) bond motifs is 1. The number of carbonyl (C=O) groups excluding carboxylic acids is 1. The van der Waals surface area contributed by atoms with Crippen LogP contribution in [0, 0.1) is 0 Å². The second kappa shape index (κ2) is 7.70. The fourth-order valence-electron chi connectivity index (χ4n) is 2.60. The number of rotatable bonds is 7. The fraction of sp³-hybridized carbons (Fsp3) is 0.263. The Morgan fingerprint density at radius 2 is 2.04 bits per heavy atom. The molecule has 0 aliphatic rings. The van der Waals surface area contributed by atoms with Crippen molar-refractivity contribution < 1.29 is 14.3 Å². The molecule has 2 aromatic heterocycles. The number of likely N-dealkylation sites (N-methyl/N-ethyl adjacent to an activating group) is 1. The molecular formula is C19H21N3O3. The fourth-order valence-corrected chi connectivity index (χ4v) is 2.60. The highest BCUT2D eigenvalue weighted by Gasteiger charge is 2.15. The number of pyridine rings is 1. The second-order valence-corrected chi connectivity index (χ2v) is 5.55. The van der Waals surface area contributed by atoms with Crippen molar-refractivity contribution in [3.63, 3.8) is 0 Å². The molecule has 6 heteroatoms. The molecule has 0 saturated carbocycles. The first-order chi connectivity index (χ1) is 12.2. The lowest BCUT2D eigenvalue weighted by Crippen LogP contribution is -2.34. The van der Waals surface area contributed by atoms with Crippen molar-refractivity contribution in [2.75, 3.05) is 20.3 Å². The average molecular weight is 339 g/mol. The number of imidazole rings is 1. The molecule has 0 fully saturated rings. The van der Waals surface area contributed by atoms with Crippen LogP contribution in [0.4, 0.5) is 0 Å². The van der Waals surface area contributed by atoms with Crippen LogP contribution >= 0.6 is 0 Å². The van der Waals surface area contributed by atoms with Gasteiger partial charge in [-0.1, -0.05) is 12.1 Å². The molecule has 0 aliphatic heterocycles. The third-order valence-electron chi connectivity index (χ3n) is 3.98. The molecule has 0 unspecified atom stereocenters. The minimum absolute atomic E-state index is 0.0161. The summed E-state index contributed by atoms with van der Waals surface area (Å²) in [6, 6.07) is 13.0. The second-order valence-electron chi connectivity index (χ2n) is 5.55. The number of benzene rings is 1. The monoisotopic (exact) mass is 339 g/mol. The third kappa shape index (κ3) is 3.91. The molecule has 0 N–H and O–H groups in total. The van der Waals surface area contributed by atoms with E-state index in [1.165, 1.54) is 0 Å². The molecule has 3 rings (SSSR count). The van der Waals surface area contributed by atoms with Gasteiger partial charge in [0.1, 0.15) is 17.1 Å². The summed E-state index contributed by atoms with van der Waals surface area (Å²) >= 11 is 0. The number of methoxy groups -OCH3 is 1. The van der Waals surface area contributed by atoms with Gasteiger partial charge in [-0.25, -0.2) is 4.98 Å². The Kier molecular flexibility index (Phi) is 5.18. The molecule has 0 aliphatic carbocycles. The smallest absolute Gasteiger partial charge is 0.260 e. The molecule has 0 radical (unpaired) electrons. The predicted octanol–water partition coefficient (Wildman–Crippen LogP) is 2.77. The van der Waals surface area contributed by atoms with Crippen LogP contribution in [0.1, 0.15) is 12.6 Å². The van der Waals surface area contributed by atoms with Gasteiger partial charge in [0, 0.05) is 18.8 Å². The van der Waals surface area contributed by atoms with E-state index in [4.69, 9.17) is 9.47 Å². The molecule has 25 heavy (non-hydrogen) atoms. The summed E-state index contributed by atoms with van der Waals surface area (Å²) in [6.45, 7) is 3.02. The number of hydrogen-bond donors (Lipinski definition) is 0. The summed E-state index contributed by atoms with van der Waals surface area (Å²) in [5, 5.41) is 0. The van der Waals surface area contributed by atoms with Crippen molar-refractivity contribution in [3.8, 4) is 11.5 Å². The summed E-state index contributed by atoms with van der Waals surface area (Å²) in [6.07, 6.45) is 3.75. The zero-order valence-corrected chi connectivity index (χ0v) is 14.4. The van der Waals surface area contributed by atoms with Gasteiger partial charge in [0.05, 0.1) is 25.5 Å².